The maximum absolute atomic E-state index is 13.0. The first-order valence-electron chi connectivity index (χ1n) is 9.69. The van der Waals surface area contributed by atoms with Crippen molar-refractivity contribution in [3.63, 3.8) is 0 Å². The molecular formula is C20H26N6O4. The van der Waals surface area contributed by atoms with Gasteiger partial charge in [0.25, 0.3) is 11.8 Å². The highest BCUT2D eigenvalue weighted by atomic mass is 16.5. The van der Waals surface area contributed by atoms with Gasteiger partial charge in [-0.25, -0.2) is 15.0 Å². The first kappa shape index (κ1) is 21.3. The van der Waals surface area contributed by atoms with Gasteiger partial charge in [0.15, 0.2) is 17.6 Å². The zero-order valence-electron chi connectivity index (χ0n) is 17.5. The Morgan fingerprint density at radius 1 is 1.20 bits per heavy atom. The molecule has 0 bridgehead atoms. The highest BCUT2D eigenvalue weighted by Gasteiger charge is 2.32. The van der Waals surface area contributed by atoms with E-state index in [1.165, 1.54) is 26.4 Å². The number of nitrogens with zero attached hydrogens (tertiary/aromatic N) is 5. The number of methoxy groups -OCH3 is 1. The van der Waals surface area contributed by atoms with Crippen molar-refractivity contribution in [1.82, 2.24) is 25.2 Å². The average Bonchev–Trinajstić information content (AvgIpc) is 2.78. The fraction of sp³-hybridized carbons (Fsp3) is 0.450. The minimum absolute atomic E-state index is 0.0308. The lowest BCUT2D eigenvalue weighted by molar-refractivity contribution is -0.140. The van der Waals surface area contributed by atoms with Gasteiger partial charge in [-0.05, 0) is 19.9 Å². The molecule has 0 radical (unpaired) electrons. The molecule has 2 aromatic heterocycles. The Hall–Kier alpha value is -3.43. The van der Waals surface area contributed by atoms with Crippen molar-refractivity contribution in [1.29, 1.82) is 0 Å². The molecule has 0 unspecified atom stereocenters. The molecule has 1 N–H and O–H groups in total. The van der Waals surface area contributed by atoms with E-state index in [4.69, 9.17) is 9.47 Å². The summed E-state index contributed by atoms with van der Waals surface area (Å²) >= 11 is 0. The maximum atomic E-state index is 13.0. The first-order valence-corrected chi connectivity index (χ1v) is 9.69. The molecule has 3 rings (SSSR count). The lowest BCUT2D eigenvalue weighted by atomic mass is 10.1. The summed E-state index contributed by atoms with van der Waals surface area (Å²) in [6.07, 6.45) is 4.06. The van der Waals surface area contributed by atoms with Crippen LogP contribution in [0.3, 0.4) is 0 Å². The molecule has 1 aliphatic rings. The maximum Gasteiger partial charge on any atom is 0.269 e. The van der Waals surface area contributed by atoms with Crippen LogP contribution in [-0.2, 0) is 4.79 Å². The number of piperazine rings is 1. The van der Waals surface area contributed by atoms with E-state index >= 15 is 0 Å². The van der Waals surface area contributed by atoms with E-state index in [2.05, 4.69) is 25.2 Å². The van der Waals surface area contributed by atoms with Crippen LogP contribution in [0.15, 0.2) is 30.7 Å². The fourth-order valence-electron chi connectivity index (χ4n) is 3.32. The normalized spacial score (nSPS) is 17.3. The highest BCUT2D eigenvalue weighted by Crippen LogP contribution is 2.28. The molecule has 3 heterocycles. The SMILES string of the molecule is CNC(=O)c1cc(OC)c(O[C@@H](C)C(=O)N2CCN(c3ncccn3)C[C@H]2C)cn1. The molecule has 10 nitrogen and oxygen atoms in total. The van der Waals surface area contributed by atoms with E-state index in [1.807, 2.05) is 6.92 Å². The average molecular weight is 414 g/mol. The molecule has 1 aliphatic heterocycles. The van der Waals surface area contributed by atoms with Crippen LogP contribution in [0, 0.1) is 0 Å². The summed E-state index contributed by atoms with van der Waals surface area (Å²) in [4.78, 5) is 41.2. The highest BCUT2D eigenvalue weighted by molar-refractivity contribution is 5.92. The molecule has 30 heavy (non-hydrogen) atoms. The minimum Gasteiger partial charge on any atom is -0.493 e. The second kappa shape index (κ2) is 9.38. The molecule has 1 fully saturated rings. The summed E-state index contributed by atoms with van der Waals surface area (Å²) in [6.45, 7) is 5.48. The number of rotatable bonds is 6. The number of nitrogens with one attached hydrogen (secondary N) is 1. The lowest BCUT2D eigenvalue weighted by Crippen LogP contribution is -2.57. The van der Waals surface area contributed by atoms with Crippen molar-refractivity contribution in [2.45, 2.75) is 26.0 Å². The van der Waals surface area contributed by atoms with Crippen LogP contribution in [0.25, 0.3) is 0 Å². The number of hydrogen-bond acceptors (Lipinski definition) is 8. The van der Waals surface area contributed by atoms with Crippen molar-refractivity contribution in [3.05, 3.63) is 36.4 Å². The summed E-state index contributed by atoms with van der Waals surface area (Å²) < 4.78 is 11.1. The Bertz CT molecular complexity index is 894. The molecule has 2 amide bonds. The van der Waals surface area contributed by atoms with Crippen molar-refractivity contribution in [3.8, 4) is 11.5 Å². The third-order valence-electron chi connectivity index (χ3n) is 4.91. The van der Waals surface area contributed by atoms with E-state index in [-0.39, 0.29) is 23.6 Å². The first-order chi connectivity index (χ1) is 14.4. The molecule has 0 spiro atoms. The number of carbonyl (C=O) groups is 2. The van der Waals surface area contributed by atoms with Crippen molar-refractivity contribution in [2.75, 3.05) is 38.7 Å². The van der Waals surface area contributed by atoms with Gasteiger partial charge in [0, 0.05) is 51.2 Å². The summed E-state index contributed by atoms with van der Waals surface area (Å²) in [5.74, 6) is 0.830. The van der Waals surface area contributed by atoms with Gasteiger partial charge in [-0.15, -0.1) is 0 Å². The molecule has 0 saturated carbocycles. The van der Waals surface area contributed by atoms with E-state index in [1.54, 1.807) is 30.3 Å². The number of carbonyl (C=O) groups excluding carboxylic acids is 2. The van der Waals surface area contributed by atoms with Gasteiger partial charge in [-0.3, -0.25) is 9.59 Å². The third kappa shape index (κ3) is 4.58. The fourth-order valence-corrected chi connectivity index (χ4v) is 3.32. The van der Waals surface area contributed by atoms with Crippen LogP contribution >= 0.6 is 0 Å². The molecule has 1 saturated heterocycles. The Labute approximate surface area is 175 Å². The minimum atomic E-state index is -0.742. The summed E-state index contributed by atoms with van der Waals surface area (Å²) in [7, 11) is 2.99. The Morgan fingerprint density at radius 2 is 1.93 bits per heavy atom. The predicted octanol–water partition coefficient (Wildman–Crippen LogP) is 0.744. The summed E-state index contributed by atoms with van der Waals surface area (Å²) in [5.41, 5.74) is 0.202. The molecule has 2 aromatic rings. The van der Waals surface area contributed by atoms with Crippen LogP contribution < -0.4 is 19.7 Å². The Kier molecular flexibility index (Phi) is 6.65. The smallest absolute Gasteiger partial charge is 0.269 e. The number of ether oxygens (including phenoxy) is 2. The second-order valence-electron chi connectivity index (χ2n) is 6.94. The van der Waals surface area contributed by atoms with Gasteiger partial charge in [-0.1, -0.05) is 0 Å². The van der Waals surface area contributed by atoms with E-state index in [0.717, 1.165) is 0 Å². The Morgan fingerprint density at radius 3 is 2.57 bits per heavy atom. The molecule has 0 aliphatic carbocycles. The quantitative estimate of drug-likeness (QED) is 0.737. The van der Waals surface area contributed by atoms with Crippen molar-refractivity contribution >= 4 is 17.8 Å². The van der Waals surface area contributed by atoms with Crippen molar-refractivity contribution < 1.29 is 19.1 Å². The molecular weight excluding hydrogens is 388 g/mol. The molecule has 160 valence electrons. The van der Waals surface area contributed by atoms with Crippen LogP contribution in [0.2, 0.25) is 0 Å². The van der Waals surface area contributed by atoms with E-state index in [0.29, 0.717) is 37.1 Å². The van der Waals surface area contributed by atoms with Gasteiger partial charge < -0.3 is 24.6 Å². The predicted molar refractivity (Wildman–Crippen MR) is 110 cm³/mol. The number of aromatic nitrogens is 3. The zero-order valence-corrected chi connectivity index (χ0v) is 17.5. The Balaban J connectivity index is 1.65. The number of pyridine rings is 1. The summed E-state index contributed by atoms with van der Waals surface area (Å²) in [6, 6.07) is 3.22. The van der Waals surface area contributed by atoms with Crippen LogP contribution in [0.5, 0.6) is 11.5 Å². The standard InChI is InChI=1S/C20H26N6O4/c1-13-12-25(20-22-6-5-7-23-20)8-9-26(13)19(28)14(2)30-17-11-24-15(18(27)21-3)10-16(17)29-4/h5-7,10-11,13-14H,8-9,12H2,1-4H3,(H,21,27)/t13-,14+/m1/s1. The second-order valence-corrected chi connectivity index (χ2v) is 6.94. The molecule has 10 heteroatoms. The molecule has 2 atom stereocenters. The number of amides is 2. The van der Waals surface area contributed by atoms with Crippen molar-refractivity contribution in [2.24, 2.45) is 0 Å². The van der Waals surface area contributed by atoms with Crippen LogP contribution in [0.4, 0.5) is 5.95 Å². The molecule has 0 aromatic carbocycles. The van der Waals surface area contributed by atoms with Gasteiger partial charge >= 0.3 is 0 Å². The van der Waals surface area contributed by atoms with Gasteiger partial charge in [0.05, 0.1) is 13.3 Å². The topological polar surface area (TPSA) is 110 Å². The zero-order chi connectivity index (χ0) is 21.7. The lowest BCUT2D eigenvalue weighted by Gasteiger charge is -2.40. The number of hydrogen-bond donors (Lipinski definition) is 1. The van der Waals surface area contributed by atoms with Gasteiger partial charge in [-0.2, -0.15) is 0 Å². The van der Waals surface area contributed by atoms with Gasteiger partial charge in [0.1, 0.15) is 5.69 Å². The van der Waals surface area contributed by atoms with E-state index < -0.39 is 6.10 Å². The van der Waals surface area contributed by atoms with Crippen LogP contribution in [-0.4, -0.2) is 77.6 Å². The van der Waals surface area contributed by atoms with E-state index in [9.17, 15) is 9.59 Å². The third-order valence-corrected chi connectivity index (χ3v) is 4.91. The largest absolute Gasteiger partial charge is 0.493 e. The number of anilines is 1. The summed E-state index contributed by atoms with van der Waals surface area (Å²) in [5, 5.41) is 2.50. The van der Waals surface area contributed by atoms with Gasteiger partial charge in [0.2, 0.25) is 5.95 Å². The van der Waals surface area contributed by atoms with Crippen LogP contribution in [0.1, 0.15) is 24.3 Å². The monoisotopic (exact) mass is 414 g/mol.